The minimum Gasteiger partial charge on any atom is -0.364 e. The third-order valence-corrected chi connectivity index (χ3v) is 4.32. The van der Waals surface area contributed by atoms with Gasteiger partial charge in [-0.3, -0.25) is 9.59 Å². The molecule has 6 nitrogen and oxygen atoms in total. The molecule has 0 spiro atoms. The lowest BCUT2D eigenvalue weighted by atomic mass is 10.2. The van der Waals surface area contributed by atoms with Gasteiger partial charge in [0.05, 0.1) is 19.2 Å². The summed E-state index contributed by atoms with van der Waals surface area (Å²) in [5.41, 5.74) is 5.53. The first kappa shape index (κ1) is 15.9. The monoisotopic (exact) mass is 311 g/mol. The molecule has 1 fully saturated rings. The van der Waals surface area contributed by atoms with Crippen LogP contribution in [-0.4, -0.2) is 49.1 Å². The Morgan fingerprint density at radius 1 is 1.52 bits per heavy atom. The Bertz CT molecular complexity index is 478. The lowest BCUT2D eigenvalue weighted by Crippen LogP contribution is -2.42. The van der Waals surface area contributed by atoms with Crippen LogP contribution in [0.15, 0.2) is 17.5 Å². The van der Waals surface area contributed by atoms with Gasteiger partial charge >= 0.3 is 0 Å². The summed E-state index contributed by atoms with van der Waals surface area (Å²) in [7, 11) is 1.62. The highest BCUT2D eigenvalue weighted by Crippen LogP contribution is 2.20. The van der Waals surface area contributed by atoms with Gasteiger partial charge in [-0.05, 0) is 24.3 Å². The molecule has 2 rings (SSSR count). The van der Waals surface area contributed by atoms with Crippen molar-refractivity contribution in [1.29, 1.82) is 0 Å². The summed E-state index contributed by atoms with van der Waals surface area (Å²) in [6.45, 7) is 0.958. The van der Waals surface area contributed by atoms with Crippen LogP contribution in [0.2, 0.25) is 0 Å². The first-order valence-electron chi connectivity index (χ1n) is 6.99. The van der Waals surface area contributed by atoms with Gasteiger partial charge in [-0.25, -0.2) is 0 Å². The van der Waals surface area contributed by atoms with E-state index in [0.29, 0.717) is 19.5 Å². The number of ether oxygens (including phenoxy) is 1. The molecular weight excluding hydrogens is 290 g/mol. The molecule has 0 aromatic carbocycles. The van der Waals surface area contributed by atoms with Crippen LogP contribution in [-0.2, 0) is 20.9 Å². The van der Waals surface area contributed by atoms with Crippen molar-refractivity contribution in [2.45, 2.75) is 31.6 Å². The van der Waals surface area contributed by atoms with Gasteiger partial charge in [0.15, 0.2) is 0 Å². The van der Waals surface area contributed by atoms with Crippen molar-refractivity contribution in [1.82, 2.24) is 10.2 Å². The SMILES string of the molecule is CN(CC(=O)NCc1cccs1)C(=O)[C@@H]1CC[C@H](CN)O1. The second-order valence-electron chi connectivity index (χ2n) is 5.11. The Labute approximate surface area is 128 Å². The highest BCUT2D eigenvalue weighted by atomic mass is 32.1. The minimum absolute atomic E-state index is 0.0390. The quantitative estimate of drug-likeness (QED) is 0.793. The van der Waals surface area contributed by atoms with Gasteiger partial charge in [0.2, 0.25) is 5.91 Å². The van der Waals surface area contributed by atoms with E-state index in [1.54, 1.807) is 18.4 Å². The van der Waals surface area contributed by atoms with Crippen LogP contribution in [0.4, 0.5) is 0 Å². The molecule has 1 aromatic rings. The molecule has 7 heteroatoms. The fourth-order valence-corrected chi connectivity index (χ4v) is 2.90. The van der Waals surface area contributed by atoms with Crippen LogP contribution in [0.1, 0.15) is 17.7 Å². The highest BCUT2D eigenvalue weighted by Gasteiger charge is 2.32. The molecule has 21 heavy (non-hydrogen) atoms. The summed E-state index contributed by atoms with van der Waals surface area (Å²) in [5.74, 6) is -0.329. The van der Waals surface area contributed by atoms with Gasteiger partial charge in [-0.2, -0.15) is 0 Å². The van der Waals surface area contributed by atoms with Gasteiger partial charge in [-0.1, -0.05) is 6.07 Å². The summed E-state index contributed by atoms with van der Waals surface area (Å²) in [6, 6.07) is 3.90. The van der Waals surface area contributed by atoms with E-state index in [0.717, 1.165) is 11.3 Å². The number of carbonyl (C=O) groups is 2. The number of amides is 2. The summed E-state index contributed by atoms with van der Waals surface area (Å²) in [4.78, 5) is 26.5. The van der Waals surface area contributed by atoms with E-state index in [-0.39, 0.29) is 24.5 Å². The third kappa shape index (κ3) is 4.52. The largest absolute Gasteiger partial charge is 0.364 e. The van der Waals surface area contributed by atoms with Crippen molar-refractivity contribution in [3.63, 3.8) is 0 Å². The molecule has 116 valence electrons. The number of thiophene rings is 1. The summed E-state index contributed by atoms with van der Waals surface area (Å²) < 4.78 is 5.55. The van der Waals surface area contributed by atoms with E-state index in [1.165, 1.54) is 4.90 Å². The molecule has 2 atom stereocenters. The molecular formula is C14H21N3O3S. The third-order valence-electron chi connectivity index (χ3n) is 3.44. The fourth-order valence-electron chi connectivity index (χ4n) is 2.25. The molecule has 1 saturated heterocycles. The summed E-state index contributed by atoms with van der Waals surface area (Å²) in [5, 5.41) is 4.76. The zero-order valence-corrected chi connectivity index (χ0v) is 12.9. The molecule has 2 amide bonds. The standard InChI is InChI=1S/C14H21N3O3S/c1-17(14(19)12-5-4-10(7-15)20-12)9-13(18)16-8-11-3-2-6-21-11/h2-3,6,10,12H,4-5,7-9,15H2,1H3,(H,16,18)/t10-,12+/m1/s1. The van der Waals surface area contributed by atoms with Crippen LogP contribution in [0.3, 0.4) is 0 Å². The number of nitrogens with one attached hydrogen (secondary N) is 1. The van der Waals surface area contributed by atoms with Crippen molar-refractivity contribution < 1.29 is 14.3 Å². The summed E-state index contributed by atoms with van der Waals surface area (Å²) >= 11 is 1.59. The van der Waals surface area contributed by atoms with Crippen molar-refractivity contribution in [3.8, 4) is 0 Å². The Morgan fingerprint density at radius 2 is 2.33 bits per heavy atom. The molecule has 0 unspecified atom stereocenters. The lowest BCUT2D eigenvalue weighted by molar-refractivity contribution is -0.144. The van der Waals surface area contributed by atoms with Crippen molar-refractivity contribution >= 4 is 23.2 Å². The number of hydrogen-bond acceptors (Lipinski definition) is 5. The van der Waals surface area contributed by atoms with E-state index in [1.807, 2.05) is 17.5 Å². The number of likely N-dealkylation sites (N-methyl/N-ethyl adjacent to an activating group) is 1. The number of rotatable bonds is 6. The van der Waals surface area contributed by atoms with Crippen LogP contribution in [0.25, 0.3) is 0 Å². The van der Waals surface area contributed by atoms with Crippen LogP contribution in [0.5, 0.6) is 0 Å². The van der Waals surface area contributed by atoms with Gasteiger partial charge in [0.1, 0.15) is 6.10 Å². The second kappa shape index (κ2) is 7.53. The Hall–Kier alpha value is -1.44. The number of hydrogen-bond donors (Lipinski definition) is 2. The zero-order chi connectivity index (χ0) is 15.2. The van der Waals surface area contributed by atoms with Crippen molar-refractivity contribution in [2.24, 2.45) is 5.73 Å². The topological polar surface area (TPSA) is 84.7 Å². The first-order chi connectivity index (χ1) is 10.1. The van der Waals surface area contributed by atoms with Gasteiger partial charge in [-0.15, -0.1) is 11.3 Å². The minimum atomic E-state index is -0.464. The average molecular weight is 311 g/mol. The van der Waals surface area contributed by atoms with Crippen LogP contribution < -0.4 is 11.1 Å². The number of nitrogens with zero attached hydrogens (tertiary/aromatic N) is 1. The molecule has 2 heterocycles. The zero-order valence-electron chi connectivity index (χ0n) is 12.1. The average Bonchev–Trinajstić information content (AvgIpc) is 3.15. The molecule has 1 aromatic heterocycles. The highest BCUT2D eigenvalue weighted by molar-refractivity contribution is 7.09. The normalized spacial score (nSPS) is 21.2. The molecule has 0 aliphatic carbocycles. The Balaban J connectivity index is 1.74. The fraction of sp³-hybridized carbons (Fsp3) is 0.571. The molecule has 3 N–H and O–H groups in total. The van der Waals surface area contributed by atoms with Crippen LogP contribution in [0, 0.1) is 0 Å². The first-order valence-corrected chi connectivity index (χ1v) is 7.87. The maximum atomic E-state index is 12.2. The van der Waals surface area contributed by atoms with Crippen LogP contribution >= 0.6 is 11.3 Å². The van der Waals surface area contributed by atoms with Gasteiger partial charge in [0.25, 0.3) is 5.91 Å². The number of carbonyl (C=O) groups excluding carboxylic acids is 2. The van der Waals surface area contributed by atoms with Crippen molar-refractivity contribution in [2.75, 3.05) is 20.1 Å². The number of nitrogens with two attached hydrogens (primary N) is 1. The van der Waals surface area contributed by atoms with Crippen molar-refractivity contribution in [3.05, 3.63) is 22.4 Å². The predicted octanol–water partition coefficient (Wildman–Crippen LogP) is 0.329. The second-order valence-corrected chi connectivity index (χ2v) is 6.14. The Kier molecular flexibility index (Phi) is 5.72. The summed E-state index contributed by atoms with van der Waals surface area (Å²) in [6.07, 6.45) is 0.960. The predicted molar refractivity (Wildman–Crippen MR) is 80.8 cm³/mol. The molecule has 1 aliphatic heterocycles. The lowest BCUT2D eigenvalue weighted by Gasteiger charge is -2.20. The van der Waals surface area contributed by atoms with Gasteiger partial charge < -0.3 is 20.7 Å². The molecule has 0 bridgehead atoms. The Morgan fingerprint density at radius 3 is 2.95 bits per heavy atom. The van der Waals surface area contributed by atoms with E-state index >= 15 is 0 Å². The molecule has 0 saturated carbocycles. The smallest absolute Gasteiger partial charge is 0.251 e. The van der Waals surface area contributed by atoms with E-state index < -0.39 is 6.10 Å². The van der Waals surface area contributed by atoms with Gasteiger partial charge in [0, 0.05) is 18.5 Å². The van der Waals surface area contributed by atoms with E-state index in [4.69, 9.17) is 10.5 Å². The van der Waals surface area contributed by atoms with E-state index in [2.05, 4.69) is 5.32 Å². The maximum Gasteiger partial charge on any atom is 0.251 e. The molecule has 0 radical (unpaired) electrons. The van der Waals surface area contributed by atoms with E-state index in [9.17, 15) is 9.59 Å². The molecule has 1 aliphatic rings. The maximum absolute atomic E-state index is 12.2.